The molecule has 0 bridgehead atoms. The summed E-state index contributed by atoms with van der Waals surface area (Å²) in [4.78, 5) is 6.67. The van der Waals surface area contributed by atoms with Crippen molar-refractivity contribution < 1.29 is 13.2 Å². The van der Waals surface area contributed by atoms with Gasteiger partial charge in [-0.25, -0.2) is 17.9 Å². The first-order valence-corrected chi connectivity index (χ1v) is 10.1. The Labute approximate surface area is 159 Å². The van der Waals surface area contributed by atoms with E-state index in [0.717, 1.165) is 33.8 Å². The molecular formula is C17H15N5O3S2. The maximum absolute atomic E-state index is 11.7. The minimum atomic E-state index is -3.79. The Morgan fingerprint density at radius 3 is 2.52 bits per heavy atom. The number of hydrogen-bond acceptors (Lipinski definition) is 7. The van der Waals surface area contributed by atoms with Gasteiger partial charge in [0.05, 0.1) is 19.0 Å². The summed E-state index contributed by atoms with van der Waals surface area (Å²) in [5.74, 6) is 5.82. The van der Waals surface area contributed by atoms with Gasteiger partial charge in [-0.2, -0.15) is 0 Å². The lowest BCUT2D eigenvalue weighted by Gasteiger charge is -2.05. The third kappa shape index (κ3) is 3.30. The van der Waals surface area contributed by atoms with E-state index in [1.165, 1.54) is 4.52 Å². The second kappa shape index (κ2) is 6.74. The number of hydrazine groups is 1. The molecule has 0 aliphatic carbocycles. The first-order chi connectivity index (χ1) is 13.0. The van der Waals surface area contributed by atoms with Gasteiger partial charge in [0.25, 0.3) is 10.0 Å². The van der Waals surface area contributed by atoms with Crippen molar-refractivity contribution in [3.8, 4) is 28.1 Å². The van der Waals surface area contributed by atoms with Gasteiger partial charge in [-0.3, -0.25) is 5.84 Å². The van der Waals surface area contributed by atoms with Crippen molar-refractivity contribution in [1.82, 2.24) is 19.4 Å². The van der Waals surface area contributed by atoms with E-state index in [-0.39, 0.29) is 4.34 Å². The van der Waals surface area contributed by atoms with Gasteiger partial charge < -0.3 is 4.74 Å². The highest BCUT2D eigenvalue weighted by molar-refractivity contribution is 7.91. The summed E-state index contributed by atoms with van der Waals surface area (Å²) in [6.07, 6.45) is 1.68. The molecule has 138 valence electrons. The van der Waals surface area contributed by atoms with Gasteiger partial charge in [0.2, 0.25) is 9.30 Å². The minimum absolute atomic E-state index is 0.132. The fraction of sp³-hybridized carbons (Fsp3) is 0.0588. The van der Waals surface area contributed by atoms with Crippen LogP contribution in [0.1, 0.15) is 0 Å². The summed E-state index contributed by atoms with van der Waals surface area (Å²) in [6.45, 7) is 0. The van der Waals surface area contributed by atoms with Crippen LogP contribution in [-0.4, -0.2) is 30.1 Å². The zero-order valence-corrected chi connectivity index (χ0v) is 15.8. The van der Waals surface area contributed by atoms with E-state index in [1.54, 1.807) is 18.1 Å². The zero-order valence-electron chi connectivity index (χ0n) is 14.2. The molecule has 0 aliphatic rings. The molecule has 8 nitrogen and oxygen atoms in total. The molecule has 2 aromatic carbocycles. The normalized spacial score (nSPS) is 11.8. The van der Waals surface area contributed by atoms with Crippen molar-refractivity contribution in [2.75, 3.05) is 7.11 Å². The van der Waals surface area contributed by atoms with Crippen LogP contribution >= 0.6 is 11.3 Å². The minimum Gasteiger partial charge on any atom is -0.497 e. The summed E-state index contributed by atoms with van der Waals surface area (Å²) in [5, 5.41) is 4.01. The molecular weight excluding hydrogens is 386 g/mol. The van der Waals surface area contributed by atoms with E-state index in [0.29, 0.717) is 10.7 Å². The number of nitrogens with one attached hydrogen (secondary N) is 1. The van der Waals surface area contributed by atoms with Gasteiger partial charge >= 0.3 is 0 Å². The van der Waals surface area contributed by atoms with Crippen molar-refractivity contribution >= 4 is 26.3 Å². The molecule has 0 radical (unpaired) electrons. The monoisotopic (exact) mass is 401 g/mol. The molecule has 0 saturated carbocycles. The SMILES string of the molecule is COc1cccc(-c2ccc(-c3cn4nc(S(=O)(=O)NN)sc4n3)cc2)c1. The fourth-order valence-corrected chi connectivity index (χ4v) is 4.34. The molecule has 4 aromatic rings. The van der Waals surface area contributed by atoms with E-state index in [4.69, 9.17) is 10.6 Å². The van der Waals surface area contributed by atoms with Crippen LogP contribution in [0.4, 0.5) is 0 Å². The van der Waals surface area contributed by atoms with Crippen LogP contribution in [0.5, 0.6) is 5.75 Å². The van der Waals surface area contributed by atoms with Crippen molar-refractivity contribution in [2.45, 2.75) is 4.34 Å². The molecule has 0 atom stereocenters. The molecule has 0 aliphatic heterocycles. The standard InChI is InChI=1S/C17H15N5O3S2/c1-25-14-4-2-3-13(9-14)11-5-7-12(8-6-11)15-10-22-16(19-15)26-17(20-22)27(23,24)21-18/h2-10,21H,18H2,1H3. The smallest absolute Gasteiger partial charge is 0.282 e. The quantitative estimate of drug-likeness (QED) is 0.392. The second-order valence-corrected chi connectivity index (χ2v) is 8.50. The Hall–Kier alpha value is -2.79. The van der Waals surface area contributed by atoms with Gasteiger partial charge in [0, 0.05) is 5.56 Å². The van der Waals surface area contributed by atoms with E-state index in [1.807, 2.05) is 48.5 Å². The molecule has 2 aromatic heterocycles. The summed E-state index contributed by atoms with van der Waals surface area (Å²) in [6, 6.07) is 15.7. The van der Waals surface area contributed by atoms with Crippen molar-refractivity contribution in [3.63, 3.8) is 0 Å². The van der Waals surface area contributed by atoms with E-state index in [9.17, 15) is 8.42 Å². The molecule has 0 unspecified atom stereocenters. The average molecular weight is 401 g/mol. The Morgan fingerprint density at radius 2 is 1.85 bits per heavy atom. The van der Waals surface area contributed by atoms with Crippen LogP contribution in [-0.2, 0) is 10.0 Å². The van der Waals surface area contributed by atoms with Crippen molar-refractivity contribution in [3.05, 3.63) is 54.7 Å². The number of nitrogens with zero attached hydrogens (tertiary/aromatic N) is 3. The summed E-state index contributed by atoms with van der Waals surface area (Å²) >= 11 is 0.945. The second-order valence-electron chi connectivity index (χ2n) is 5.65. The third-order valence-electron chi connectivity index (χ3n) is 3.99. The Morgan fingerprint density at radius 1 is 1.11 bits per heavy atom. The van der Waals surface area contributed by atoms with E-state index >= 15 is 0 Å². The van der Waals surface area contributed by atoms with Gasteiger partial charge in [-0.1, -0.05) is 47.7 Å². The number of aromatic nitrogens is 3. The predicted octanol–water partition coefficient (Wildman–Crippen LogP) is 2.29. The topological polar surface area (TPSA) is 112 Å². The highest BCUT2D eigenvalue weighted by Gasteiger charge is 2.19. The number of benzene rings is 2. The lowest BCUT2D eigenvalue weighted by molar-refractivity contribution is 0.415. The average Bonchev–Trinajstić information content (AvgIpc) is 3.28. The van der Waals surface area contributed by atoms with E-state index in [2.05, 4.69) is 10.1 Å². The Balaban J connectivity index is 1.64. The number of hydrogen-bond donors (Lipinski definition) is 2. The molecule has 10 heteroatoms. The van der Waals surface area contributed by atoms with Crippen LogP contribution in [0.15, 0.2) is 59.1 Å². The van der Waals surface area contributed by atoms with Crippen LogP contribution in [0.3, 0.4) is 0 Å². The van der Waals surface area contributed by atoms with Crippen LogP contribution in [0, 0.1) is 0 Å². The summed E-state index contributed by atoms with van der Waals surface area (Å²) in [5.41, 5.74) is 3.72. The highest BCUT2D eigenvalue weighted by Crippen LogP contribution is 2.28. The number of methoxy groups -OCH3 is 1. The summed E-state index contributed by atoms with van der Waals surface area (Å²) in [7, 11) is -2.15. The predicted molar refractivity (Wildman–Crippen MR) is 103 cm³/mol. The van der Waals surface area contributed by atoms with Crippen molar-refractivity contribution in [2.24, 2.45) is 5.84 Å². The Bertz CT molecular complexity index is 1180. The van der Waals surface area contributed by atoms with Gasteiger partial charge in [-0.05, 0) is 23.3 Å². The number of sulfonamides is 1. The molecule has 0 spiro atoms. The van der Waals surface area contributed by atoms with Crippen molar-refractivity contribution in [1.29, 1.82) is 0 Å². The maximum atomic E-state index is 11.7. The summed E-state index contributed by atoms with van der Waals surface area (Å²) < 4.78 is 30.0. The lowest BCUT2D eigenvalue weighted by Crippen LogP contribution is -2.30. The van der Waals surface area contributed by atoms with Crippen LogP contribution < -0.4 is 15.4 Å². The molecule has 2 heterocycles. The number of ether oxygens (including phenoxy) is 1. The fourth-order valence-electron chi connectivity index (χ4n) is 2.62. The van der Waals surface area contributed by atoms with Crippen LogP contribution in [0.25, 0.3) is 27.3 Å². The molecule has 0 fully saturated rings. The molecule has 0 amide bonds. The van der Waals surface area contributed by atoms with Gasteiger partial charge in [-0.15, -0.1) is 9.93 Å². The molecule has 0 saturated heterocycles. The lowest BCUT2D eigenvalue weighted by atomic mass is 10.0. The first kappa shape index (κ1) is 17.6. The molecule has 27 heavy (non-hydrogen) atoms. The third-order valence-corrected chi connectivity index (χ3v) is 6.47. The van der Waals surface area contributed by atoms with Crippen LogP contribution in [0.2, 0.25) is 0 Å². The number of rotatable bonds is 5. The number of nitrogens with two attached hydrogens (primary N) is 1. The highest BCUT2D eigenvalue weighted by atomic mass is 32.2. The van der Waals surface area contributed by atoms with Gasteiger partial charge in [0.15, 0.2) is 0 Å². The number of imidazole rings is 1. The maximum Gasteiger partial charge on any atom is 0.282 e. The first-order valence-electron chi connectivity index (χ1n) is 7.83. The van der Waals surface area contributed by atoms with Gasteiger partial charge in [0.1, 0.15) is 5.75 Å². The number of fused-ring (bicyclic) bond motifs is 1. The largest absolute Gasteiger partial charge is 0.497 e. The van der Waals surface area contributed by atoms with E-state index < -0.39 is 10.0 Å². The molecule has 4 rings (SSSR count). The zero-order chi connectivity index (χ0) is 19.0. The molecule has 3 N–H and O–H groups in total. The Kier molecular flexibility index (Phi) is 4.40.